The van der Waals surface area contributed by atoms with Gasteiger partial charge in [-0.2, -0.15) is 0 Å². The molecule has 0 radical (unpaired) electrons. The summed E-state index contributed by atoms with van der Waals surface area (Å²) in [4.78, 5) is 14.5. The van der Waals surface area contributed by atoms with Gasteiger partial charge in [-0.25, -0.2) is 4.79 Å². The van der Waals surface area contributed by atoms with Gasteiger partial charge in [-0.3, -0.25) is 0 Å². The Morgan fingerprint density at radius 3 is 2.87 bits per heavy atom. The fourth-order valence-electron chi connectivity index (χ4n) is 3.77. The number of carbonyl (C=O) groups excluding carboxylic acids is 1. The summed E-state index contributed by atoms with van der Waals surface area (Å²) in [6.07, 6.45) is 3.31. The molecule has 2 amide bonds. The lowest BCUT2D eigenvalue weighted by molar-refractivity contribution is 0.0209. The highest BCUT2D eigenvalue weighted by Gasteiger charge is 2.40. The van der Waals surface area contributed by atoms with Gasteiger partial charge in [0.05, 0.1) is 0 Å². The van der Waals surface area contributed by atoms with Crippen molar-refractivity contribution >= 4 is 6.03 Å². The van der Waals surface area contributed by atoms with Crippen LogP contribution in [0, 0.1) is 12.3 Å². The second-order valence-corrected chi connectivity index (χ2v) is 7.29. The van der Waals surface area contributed by atoms with Crippen LogP contribution < -0.4 is 5.32 Å². The highest BCUT2D eigenvalue weighted by molar-refractivity contribution is 5.74. The minimum absolute atomic E-state index is 0.0906. The van der Waals surface area contributed by atoms with Crippen LogP contribution in [-0.4, -0.2) is 43.8 Å². The first kappa shape index (κ1) is 16.3. The van der Waals surface area contributed by atoms with E-state index in [0.29, 0.717) is 17.9 Å². The highest BCUT2D eigenvalue weighted by Crippen LogP contribution is 2.39. The van der Waals surface area contributed by atoms with Crippen molar-refractivity contribution in [2.45, 2.75) is 39.0 Å². The van der Waals surface area contributed by atoms with Crippen LogP contribution in [0.4, 0.5) is 4.79 Å². The third kappa shape index (κ3) is 3.86. The lowest BCUT2D eigenvalue weighted by atomic mass is 9.80. The van der Waals surface area contributed by atoms with E-state index in [-0.39, 0.29) is 6.03 Å². The Morgan fingerprint density at radius 2 is 2.13 bits per heavy atom. The molecule has 126 valence electrons. The summed E-state index contributed by atoms with van der Waals surface area (Å²) in [6, 6.07) is 8.61. The van der Waals surface area contributed by atoms with E-state index in [9.17, 15) is 4.79 Å². The van der Waals surface area contributed by atoms with Crippen LogP contribution in [0.2, 0.25) is 0 Å². The molecule has 2 aliphatic rings. The third-order valence-electron chi connectivity index (χ3n) is 5.45. The van der Waals surface area contributed by atoms with E-state index in [1.165, 1.54) is 11.1 Å². The van der Waals surface area contributed by atoms with Gasteiger partial charge in [0.2, 0.25) is 0 Å². The fraction of sp³-hybridized carbons (Fsp3) is 0.632. The van der Waals surface area contributed by atoms with Crippen LogP contribution in [0.25, 0.3) is 0 Å². The van der Waals surface area contributed by atoms with Gasteiger partial charge in [0, 0.05) is 32.8 Å². The van der Waals surface area contributed by atoms with E-state index in [2.05, 4.69) is 43.4 Å². The zero-order valence-electron chi connectivity index (χ0n) is 14.3. The minimum Gasteiger partial charge on any atom is -0.381 e. The van der Waals surface area contributed by atoms with Crippen molar-refractivity contribution < 1.29 is 9.53 Å². The van der Waals surface area contributed by atoms with Crippen molar-refractivity contribution in [3.05, 3.63) is 35.4 Å². The van der Waals surface area contributed by atoms with Crippen LogP contribution in [-0.2, 0) is 4.74 Å². The molecule has 4 nitrogen and oxygen atoms in total. The number of benzene rings is 1. The SMILES string of the molecule is Cc1cccc([C@@H](C)CNC(=O)N2CCC3(CCOCC3)C2)c1. The molecule has 1 aromatic rings. The summed E-state index contributed by atoms with van der Waals surface area (Å²) in [5, 5.41) is 3.12. The predicted octanol–water partition coefficient (Wildman–Crippen LogP) is 3.31. The van der Waals surface area contributed by atoms with Crippen molar-refractivity contribution in [3.8, 4) is 0 Å². The van der Waals surface area contributed by atoms with E-state index < -0.39 is 0 Å². The zero-order valence-corrected chi connectivity index (χ0v) is 14.3. The van der Waals surface area contributed by atoms with Gasteiger partial charge in [0.1, 0.15) is 0 Å². The topological polar surface area (TPSA) is 41.6 Å². The maximum atomic E-state index is 12.5. The molecule has 3 rings (SSSR count). The predicted molar refractivity (Wildman–Crippen MR) is 91.7 cm³/mol. The van der Waals surface area contributed by atoms with Crippen molar-refractivity contribution in [3.63, 3.8) is 0 Å². The normalized spacial score (nSPS) is 21.4. The minimum atomic E-state index is 0.0906. The average Bonchev–Trinajstić information content (AvgIpc) is 2.96. The number of amides is 2. The molecule has 0 aliphatic carbocycles. The van der Waals surface area contributed by atoms with Crippen molar-refractivity contribution in [2.24, 2.45) is 5.41 Å². The Labute approximate surface area is 139 Å². The van der Waals surface area contributed by atoms with Gasteiger partial charge in [0.25, 0.3) is 0 Å². The van der Waals surface area contributed by atoms with Crippen LogP contribution >= 0.6 is 0 Å². The lowest BCUT2D eigenvalue weighted by Gasteiger charge is -2.33. The molecule has 0 aromatic heterocycles. The molecule has 2 fully saturated rings. The average molecular weight is 316 g/mol. The number of nitrogens with one attached hydrogen (secondary N) is 1. The maximum Gasteiger partial charge on any atom is 0.317 e. The Kier molecular flexibility index (Phi) is 4.90. The fourth-order valence-corrected chi connectivity index (χ4v) is 3.77. The zero-order chi connectivity index (χ0) is 16.3. The number of ether oxygens (including phenoxy) is 1. The summed E-state index contributed by atoms with van der Waals surface area (Å²) in [7, 11) is 0. The summed E-state index contributed by atoms with van der Waals surface area (Å²) in [6.45, 7) is 8.42. The summed E-state index contributed by atoms with van der Waals surface area (Å²) in [5.41, 5.74) is 2.87. The number of likely N-dealkylation sites (tertiary alicyclic amines) is 1. The molecule has 1 N–H and O–H groups in total. The van der Waals surface area contributed by atoms with Gasteiger partial charge in [0.15, 0.2) is 0 Å². The summed E-state index contributed by atoms with van der Waals surface area (Å²) < 4.78 is 5.47. The van der Waals surface area contributed by atoms with E-state index >= 15 is 0 Å². The van der Waals surface area contributed by atoms with Gasteiger partial charge in [-0.15, -0.1) is 0 Å². The van der Waals surface area contributed by atoms with Gasteiger partial charge in [-0.05, 0) is 43.1 Å². The van der Waals surface area contributed by atoms with Crippen LogP contribution in [0.5, 0.6) is 0 Å². The molecule has 4 heteroatoms. The Bertz CT molecular complexity index is 552. The van der Waals surface area contributed by atoms with Gasteiger partial charge >= 0.3 is 6.03 Å². The Balaban J connectivity index is 1.50. The highest BCUT2D eigenvalue weighted by atomic mass is 16.5. The number of hydrogen-bond donors (Lipinski definition) is 1. The third-order valence-corrected chi connectivity index (χ3v) is 5.45. The molecule has 0 saturated carbocycles. The smallest absolute Gasteiger partial charge is 0.317 e. The number of aryl methyl sites for hydroxylation is 1. The number of nitrogens with zero attached hydrogens (tertiary/aromatic N) is 1. The van der Waals surface area contributed by atoms with E-state index in [1.54, 1.807) is 0 Å². The number of urea groups is 1. The monoisotopic (exact) mass is 316 g/mol. The lowest BCUT2D eigenvalue weighted by Crippen LogP contribution is -2.42. The molecule has 0 unspecified atom stereocenters. The molecular weight excluding hydrogens is 288 g/mol. The Morgan fingerprint density at radius 1 is 1.35 bits per heavy atom. The van der Waals surface area contributed by atoms with E-state index in [0.717, 1.165) is 45.6 Å². The van der Waals surface area contributed by atoms with Crippen molar-refractivity contribution in [2.75, 3.05) is 32.8 Å². The second-order valence-electron chi connectivity index (χ2n) is 7.29. The maximum absolute atomic E-state index is 12.5. The van der Waals surface area contributed by atoms with Gasteiger partial charge < -0.3 is 15.0 Å². The molecule has 2 aliphatic heterocycles. The van der Waals surface area contributed by atoms with Crippen LogP contribution in [0.3, 0.4) is 0 Å². The van der Waals surface area contributed by atoms with E-state index in [4.69, 9.17) is 4.74 Å². The Hall–Kier alpha value is -1.55. The molecule has 0 bridgehead atoms. The number of rotatable bonds is 3. The second kappa shape index (κ2) is 6.91. The van der Waals surface area contributed by atoms with E-state index in [1.807, 2.05) is 4.90 Å². The van der Waals surface area contributed by atoms with Crippen molar-refractivity contribution in [1.29, 1.82) is 0 Å². The number of hydrogen-bond acceptors (Lipinski definition) is 2. The first-order valence-electron chi connectivity index (χ1n) is 8.75. The molecule has 2 heterocycles. The largest absolute Gasteiger partial charge is 0.381 e. The van der Waals surface area contributed by atoms with Crippen LogP contribution in [0.15, 0.2) is 24.3 Å². The van der Waals surface area contributed by atoms with Crippen molar-refractivity contribution in [1.82, 2.24) is 10.2 Å². The van der Waals surface area contributed by atoms with Gasteiger partial charge in [-0.1, -0.05) is 36.8 Å². The molecular formula is C19H28N2O2. The molecule has 1 aromatic carbocycles. The summed E-state index contributed by atoms with van der Waals surface area (Å²) in [5.74, 6) is 0.332. The molecule has 2 saturated heterocycles. The standard InChI is InChI=1S/C19H28N2O2/c1-15-4-3-5-17(12-15)16(2)13-20-18(22)21-9-6-19(14-21)7-10-23-11-8-19/h3-5,12,16H,6-11,13-14H2,1-2H3,(H,20,22)/t16-/m0/s1. The van der Waals surface area contributed by atoms with Crippen LogP contribution in [0.1, 0.15) is 43.2 Å². The first-order valence-corrected chi connectivity index (χ1v) is 8.75. The number of carbonyl (C=O) groups is 1. The quantitative estimate of drug-likeness (QED) is 0.929. The molecule has 23 heavy (non-hydrogen) atoms. The summed E-state index contributed by atoms with van der Waals surface area (Å²) >= 11 is 0. The first-order chi connectivity index (χ1) is 11.1. The molecule has 1 spiro atoms. The molecule has 1 atom stereocenters.